The second kappa shape index (κ2) is 18.0. The molecule has 0 aromatic heterocycles. The first-order valence-electron chi connectivity index (χ1n) is 20.8. The van der Waals surface area contributed by atoms with Crippen LogP contribution in [0.25, 0.3) is 11.1 Å². The predicted octanol–water partition coefficient (Wildman–Crippen LogP) is 4.41. The average Bonchev–Trinajstić information content (AvgIpc) is 3.59. The van der Waals surface area contributed by atoms with Crippen LogP contribution >= 0.6 is 0 Å². The van der Waals surface area contributed by atoms with Crippen molar-refractivity contribution in [1.82, 2.24) is 20.6 Å². The molecule has 3 aliphatic carbocycles. The number of nitrogens with zero attached hydrogens (tertiary/aromatic N) is 4. The predicted molar refractivity (Wildman–Crippen MR) is 230 cm³/mol. The van der Waals surface area contributed by atoms with E-state index in [0.29, 0.717) is 52.3 Å². The zero-order valence-electron chi connectivity index (χ0n) is 36.3. The third-order valence-corrected chi connectivity index (χ3v) is 13.3. The van der Waals surface area contributed by atoms with Crippen LogP contribution in [-0.2, 0) is 21.0 Å². The highest BCUT2D eigenvalue weighted by Crippen LogP contribution is 2.61. The standard InChI is InChI=1S/C46H64N6O7/c1-27-36-22-32(46(36,3)4)23-37(27)47-44(56)41-40(28(2)54)39(26-53)59-52(41)24-29-15-14-18-35(42(29)58-10)30-19-31(21-34(20-30)50(7)8)43(55)48-38(25-49(5)6)45(57)51(9)33-16-12-11-13-17-33/h11-21,27-28,32,36-41,53-54H,22-26H2,1-10H3,(H,47,56)(H,48,55)/t27-,28-,32+,36-,37-,38?,39-,40+,41-/m0/s1. The van der Waals surface area contributed by atoms with Gasteiger partial charge in [-0.1, -0.05) is 57.2 Å². The van der Waals surface area contributed by atoms with Crippen molar-refractivity contribution in [3.05, 3.63) is 77.9 Å². The van der Waals surface area contributed by atoms with Gasteiger partial charge >= 0.3 is 0 Å². The number of benzene rings is 3. The Balaban J connectivity index is 1.29. The van der Waals surface area contributed by atoms with E-state index in [1.54, 1.807) is 43.2 Å². The van der Waals surface area contributed by atoms with Crippen LogP contribution in [0.3, 0.4) is 0 Å². The lowest BCUT2D eigenvalue weighted by atomic mass is 9.45. The first kappa shape index (κ1) is 44.0. The van der Waals surface area contributed by atoms with E-state index in [1.165, 1.54) is 6.42 Å². The van der Waals surface area contributed by atoms with E-state index in [4.69, 9.17) is 9.57 Å². The van der Waals surface area contributed by atoms with Crippen LogP contribution in [0.5, 0.6) is 5.75 Å². The zero-order valence-corrected chi connectivity index (χ0v) is 36.3. The molecule has 0 spiro atoms. The summed E-state index contributed by atoms with van der Waals surface area (Å²) in [5.41, 5.74) is 4.23. The number of para-hydroxylation sites is 2. The summed E-state index contributed by atoms with van der Waals surface area (Å²) < 4.78 is 6.09. The fourth-order valence-electron chi connectivity index (χ4n) is 9.79. The van der Waals surface area contributed by atoms with Crippen molar-refractivity contribution >= 4 is 29.1 Å². The maximum absolute atomic E-state index is 14.3. The smallest absolute Gasteiger partial charge is 0.252 e. The number of methoxy groups -OCH3 is 1. The van der Waals surface area contributed by atoms with Gasteiger partial charge in [0.05, 0.1) is 26.4 Å². The van der Waals surface area contributed by atoms with Crippen molar-refractivity contribution in [3.63, 3.8) is 0 Å². The molecule has 59 heavy (non-hydrogen) atoms. The van der Waals surface area contributed by atoms with Gasteiger partial charge in [-0.25, -0.2) is 0 Å². The molecule has 1 unspecified atom stereocenters. The number of ether oxygens (including phenoxy) is 1. The zero-order chi connectivity index (χ0) is 42.9. The highest BCUT2D eigenvalue weighted by molar-refractivity contribution is 6.03. The molecule has 4 N–H and O–H groups in total. The van der Waals surface area contributed by atoms with Gasteiger partial charge in [-0.3, -0.25) is 19.2 Å². The molecule has 3 amide bonds. The molecule has 3 aromatic rings. The molecule has 0 radical (unpaired) electrons. The number of aliphatic hydroxyl groups is 2. The minimum absolute atomic E-state index is 0.0123. The van der Waals surface area contributed by atoms with Gasteiger partial charge < -0.3 is 40.3 Å². The monoisotopic (exact) mass is 812 g/mol. The van der Waals surface area contributed by atoms with E-state index in [0.717, 1.165) is 17.8 Å². The molecule has 9 atom stereocenters. The van der Waals surface area contributed by atoms with Gasteiger partial charge in [-0.05, 0) is 92.9 Å². The quantitative estimate of drug-likeness (QED) is 0.174. The lowest BCUT2D eigenvalue weighted by molar-refractivity contribution is -0.183. The number of hydroxylamine groups is 2. The molecule has 1 heterocycles. The fraction of sp³-hybridized carbons (Fsp3) is 0.543. The Labute approximate surface area is 349 Å². The van der Waals surface area contributed by atoms with Gasteiger partial charge in [0.1, 0.15) is 23.9 Å². The van der Waals surface area contributed by atoms with Crippen molar-refractivity contribution in [2.45, 2.75) is 77.4 Å². The molecular formula is C46H64N6O7. The highest BCUT2D eigenvalue weighted by atomic mass is 16.7. The molecular weight excluding hydrogens is 749 g/mol. The van der Waals surface area contributed by atoms with Gasteiger partial charge in [-0.15, -0.1) is 0 Å². The third-order valence-electron chi connectivity index (χ3n) is 13.3. The Bertz CT molecular complexity index is 1970. The van der Waals surface area contributed by atoms with Gasteiger partial charge in [0, 0.05) is 67.7 Å². The summed E-state index contributed by atoms with van der Waals surface area (Å²) in [7, 11) is 10.8. The van der Waals surface area contributed by atoms with Crippen LogP contribution in [0.1, 0.15) is 56.5 Å². The lowest BCUT2D eigenvalue weighted by Gasteiger charge is -2.62. The van der Waals surface area contributed by atoms with Gasteiger partial charge in [0.2, 0.25) is 5.91 Å². The topological polar surface area (TPSA) is 147 Å². The summed E-state index contributed by atoms with van der Waals surface area (Å²) in [6.07, 6.45) is 0.378. The Morgan fingerprint density at radius 1 is 0.983 bits per heavy atom. The number of aliphatic hydroxyl groups excluding tert-OH is 2. The summed E-state index contributed by atoms with van der Waals surface area (Å²) in [4.78, 5) is 53.8. The van der Waals surface area contributed by atoms with Crippen molar-refractivity contribution in [3.8, 4) is 16.9 Å². The van der Waals surface area contributed by atoms with Crippen LogP contribution in [0.2, 0.25) is 0 Å². The van der Waals surface area contributed by atoms with Crippen molar-refractivity contribution in [2.24, 2.45) is 29.1 Å². The normalized spacial score (nSPS) is 25.7. The maximum atomic E-state index is 14.3. The van der Waals surface area contributed by atoms with Gasteiger partial charge in [-0.2, -0.15) is 5.06 Å². The molecule has 3 aromatic carbocycles. The fourth-order valence-corrected chi connectivity index (χ4v) is 9.79. The summed E-state index contributed by atoms with van der Waals surface area (Å²) in [5, 5.41) is 29.3. The van der Waals surface area contributed by atoms with Gasteiger partial charge in [0.25, 0.3) is 11.8 Å². The number of carbonyl (C=O) groups is 3. The number of amides is 3. The number of hydrogen-bond acceptors (Lipinski definition) is 10. The van der Waals surface area contributed by atoms with Crippen molar-refractivity contribution in [1.29, 1.82) is 0 Å². The van der Waals surface area contributed by atoms with E-state index >= 15 is 0 Å². The third kappa shape index (κ3) is 9.00. The Morgan fingerprint density at radius 2 is 1.69 bits per heavy atom. The molecule has 1 aliphatic heterocycles. The number of hydrogen-bond donors (Lipinski definition) is 4. The number of carbonyl (C=O) groups excluding carboxylic acids is 3. The molecule has 13 nitrogen and oxygen atoms in total. The molecule has 13 heteroatoms. The summed E-state index contributed by atoms with van der Waals surface area (Å²) in [6.45, 7) is 8.56. The molecule has 4 fully saturated rings. The first-order chi connectivity index (χ1) is 28.0. The number of fused-ring (bicyclic) bond motifs is 2. The van der Waals surface area contributed by atoms with Gasteiger partial charge in [0.15, 0.2) is 0 Å². The number of nitrogens with one attached hydrogen (secondary N) is 2. The number of likely N-dealkylation sites (N-methyl/N-ethyl adjacent to an activating group) is 2. The summed E-state index contributed by atoms with van der Waals surface area (Å²) in [6, 6.07) is 18.9. The number of anilines is 2. The molecule has 320 valence electrons. The molecule has 2 bridgehead atoms. The minimum Gasteiger partial charge on any atom is -0.496 e. The SMILES string of the molecule is COc1c(CN2O[C@@H](CO)[C@@H]([C@H](C)O)[C@H]2C(=O)N[C@H]2C[C@H]3C[C@@H]([C@@H]2C)C3(C)C)cccc1-c1cc(C(=O)NC(CN(C)C)C(=O)N(C)c2ccccc2)cc(N(C)C)c1. The first-order valence-corrected chi connectivity index (χ1v) is 20.8. The van der Waals surface area contributed by atoms with E-state index in [-0.39, 0.29) is 36.4 Å². The Hall–Kier alpha value is -4.53. The molecule has 7 rings (SSSR count). The Kier molecular flexibility index (Phi) is 13.4. The van der Waals surface area contributed by atoms with Crippen LogP contribution in [0, 0.1) is 29.1 Å². The maximum Gasteiger partial charge on any atom is 0.252 e. The minimum atomic E-state index is -0.929. The van der Waals surface area contributed by atoms with E-state index in [2.05, 4.69) is 31.4 Å². The second-order valence-electron chi connectivity index (χ2n) is 17.9. The molecule has 3 saturated carbocycles. The average molecular weight is 813 g/mol. The van der Waals surface area contributed by atoms with E-state index in [9.17, 15) is 24.6 Å². The van der Waals surface area contributed by atoms with E-state index < -0.39 is 36.1 Å². The molecule has 4 aliphatic rings. The van der Waals surface area contributed by atoms with Crippen LogP contribution < -0.4 is 25.2 Å². The van der Waals surface area contributed by atoms with Crippen LogP contribution in [0.15, 0.2) is 66.7 Å². The Morgan fingerprint density at radius 3 is 2.29 bits per heavy atom. The summed E-state index contributed by atoms with van der Waals surface area (Å²) in [5.74, 6) is 0.364. The van der Waals surface area contributed by atoms with Crippen molar-refractivity contribution < 1.29 is 34.2 Å². The van der Waals surface area contributed by atoms with E-state index in [1.807, 2.05) is 92.6 Å². The summed E-state index contributed by atoms with van der Waals surface area (Å²) >= 11 is 0. The van der Waals surface area contributed by atoms with Crippen molar-refractivity contribution in [2.75, 3.05) is 65.3 Å². The largest absolute Gasteiger partial charge is 0.496 e. The lowest BCUT2D eigenvalue weighted by Crippen LogP contribution is -2.62. The highest BCUT2D eigenvalue weighted by Gasteiger charge is 2.57. The van der Waals surface area contributed by atoms with Crippen LogP contribution in [-0.4, -0.2) is 124 Å². The molecule has 1 saturated heterocycles. The van der Waals surface area contributed by atoms with Crippen LogP contribution in [0.4, 0.5) is 11.4 Å². The number of rotatable bonds is 15. The second-order valence-corrected chi connectivity index (χ2v) is 17.9.